The summed E-state index contributed by atoms with van der Waals surface area (Å²) in [6.07, 6.45) is 0.793. The molecule has 1 heterocycles. The first kappa shape index (κ1) is 20.2. The minimum absolute atomic E-state index is 0.0855. The summed E-state index contributed by atoms with van der Waals surface area (Å²) >= 11 is 0. The third-order valence-corrected chi connectivity index (χ3v) is 5.22. The molecule has 0 bridgehead atoms. The minimum Gasteiger partial charge on any atom is -0.487 e. The van der Waals surface area contributed by atoms with Crippen molar-refractivity contribution in [2.75, 3.05) is 0 Å². The smallest absolute Gasteiger partial charge is 0.261 e. The lowest BCUT2D eigenvalue weighted by atomic mass is 9.89. The molecule has 0 aromatic heterocycles. The standard InChI is InChI=1S/C24H31NO3/c1-7-20(27-21-12-15(2)8-10-17(21)4)23(26)25-19-14-24(5,6)28-22-13-16(3)9-11-18(19)22/h8-13,19-20H,7,14H2,1-6H3,(H,25,26)/t19-,20-/m0/s1. The number of carbonyl (C=O) groups is 1. The number of aryl methyl sites for hydroxylation is 3. The van der Waals surface area contributed by atoms with E-state index in [2.05, 4.69) is 31.3 Å². The van der Waals surface area contributed by atoms with Gasteiger partial charge in [-0.25, -0.2) is 0 Å². The molecule has 4 heteroatoms. The minimum atomic E-state index is -0.527. The number of hydrogen-bond donors (Lipinski definition) is 1. The molecule has 3 rings (SSSR count). The molecule has 1 aliphatic rings. The Morgan fingerprint density at radius 1 is 1.18 bits per heavy atom. The van der Waals surface area contributed by atoms with Crippen molar-refractivity contribution in [1.29, 1.82) is 0 Å². The Bertz CT molecular complexity index is 872. The van der Waals surface area contributed by atoms with Crippen LogP contribution in [0.25, 0.3) is 0 Å². The molecule has 0 fully saturated rings. The average molecular weight is 382 g/mol. The quantitative estimate of drug-likeness (QED) is 0.775. The van der Waals surface area contributed by atoms with Crippen molar-refractivity contribution < 1.29 is 14.3 Å². The van der Waals surface area contributed by atoms with E-state index in [9.17, 15) is 4.79 Å². The number of fused-ring (bicyclic) bond motifs is 1. The van der Waals surface area contributed by atoms with Gasteiger partial charge in [0.1, 0.15) is 17.1 Å². The van der Waals surface area contributed by atoms with Crippen molar-refractivity contribution in [3.05, 3.63) is 58.7 Å². The number of nitrogens with one attached hydrogen (secondary N) is 1. The van der Waals surface area contributed by atoms with Gasteiger partial charge in [0.2, 0.25) is 0 Å². The van der Waals surface area contributed by atoms with Crippen molar-refractivity contribution in [2.45, 2.75) is 72.1 Å². The van der Waals surface area contributed by atoms with Crippen molar-refractivity contribution in [3.8, 4) is 11.5 Å². The summed E-state index contributed by atoms with van der Waals surface area (Å²) in [5.41, 5.74) is 3.98. The Morgan fingerprint density at radius 2 is 1.86 bits per heavy atom. The van der Waals surface area contributed by atoms with Gasteiger partial charge in [-0.15, -0.1) is 0 Å². The summed E-state index contributed by atoms with van der Waals surface area (Å²) in [6.45, 7) is 12.2. The van der Waals surface area contributed by atoms with E-state index < -0.39 is 6.10 Å². The molecule has 1 amide bonds. The van der Waals surface area contributed by atoms with Crippen LogP contribution in [-0.2, 0) is 4.79 Å². The maximum absolute atomic E-state index is 13.1. The molecule has 2 aromatic carbocycles. The normalized spacial score (nSPS) is 18.6. The van der Waals surface area contributed by atoms with Gasteiger partial charge in [-0.3, -0.25) is 4.79 Å². The van der Waals surface area contributed by atoms with Crippen LogP contribution < -0.4 is 14.8 Å². The van der Waals surface area contributed by atoms with Gasteiger partial charge >= 0.3 is 0 Å². The first-order valence-electron chi connectivity index (χ1n) is 10.0. The first-order chi connectivity index (χ1) is 13.2. The van der Waals surface area contributed by atoms with E-state index in [-0.39, 0.29) is 17.6 Å². The average Bonchev–Trinajstić information content (AvgIpc) is 2.60. The Labute approximate surface area is 168 Å². The van der Waals surface area contributed by atoms with Gasteiger partial charge in [-0.2, -0.15) is 0 Å². The van der Waals surface area contributed by atoms with Gasteiger partial charge in [-0.05, 0) is 69.9 Å². The van der Waals surface area contributed by atoms with Gasteiger partial charge < -0.3 is 14.8 Å². The van der Waals surface area contributed by atoms with Gasteiger partial charge in [0.05, 0.1) is 6.04 Å². The summed E-state index contributed by atoms with van der Waals surface area (Å²) in [6, 6.07) is 12.1. The van der Waals surface area contributed by atoms with E-state index in [1.807, 2.05) is 52.0 Å². The van der Waals surface area contributed by atoms with Crippen molar-refractivity contribution in [3.63, 3.8) is 0 Å². The zero-order valence-electron chi connectivity index (χ0n) is 17.8. The topological polar surface area (TPSA) is 47.6 Å². The Hall–Kier alpha value is -2.49. The number of benzene rings is 2. The highest BCUT2D eigenvalue weighted by atomic mass is 16.5. The molecule has 0 saturated carbocycles. The van der Waals surface area contributed by atoms with E-state index in [0.717, 1.165) is 33.8 Å². The van der Waals surface area contributed by atoms with Crippen LogP contribution in [0.5, 0.6) is 11.5 Å². The molecule has 0 unspecified atom stereocenters. The fraction of sp³-hybridized carbons (Fsp3) is 0.458. The summed E-state index contributed by atoms with van der Waals surface area (Å²) in [7, 11) is 0. The van der Waals surface area contributed by atoms with Gasteiger partial charge in [0, 0.05) is 12.0 Å². The molecule has 2 atom stereocenters. The van der Waals surface area contributed by atoms with Gasteiger partial charge in [0.15, 0.2) is 6.10 Å². The molecule has 1 aliphatic heterocycles. The number of ether oxygens (including phenoxy) is 2. The Morgan fingerprint density at radius 3 is 2.57 bits per heavy atom. The lowest BCUT2D eigenvalue weighted by Gasteiger charge is -2.38. The van der Waals surface area contributed by atoms with Crippen LogP contribution in [-0.4, -0.2) is 17.6 Å². The van der Waals surface area contributed by atoms with Crippen molar-refractivity contribution >= 4 is 5.91 Å². The molecular formula is C24H31NO3. The molecule has 0 aliphatic carbocycles. The monoisotopic (exact) mass is 381 g/mol. The molecular weight excluding hydrogens is 350 g/mol. The molecule has 28 heavy (non-hydrogen) atoms. The lowest BCUT2D eigenvalue weighted by Crippen LogP contribution is -2.45. The summed E-state index contributed by atoms with van der Waals surface area (Å²) in [5.74, 6) is 1.54. The highest BCUT2D eigenvalue weighted by Gasteiger charge is 2.35. The molecule has 0 spiro atoms. The SMILES string of the molecule is CC[C@H](Oc1cc(C)ccc1C)C(=O)N[C@H]1CC(C)(C)Oc2cc(C)ccc21. The number of hydrogen-bond acceptors (Lipinski definition) is 3. The summed E-state index contributed by atoms with van der Waals surface area (Å²) in [4.78, 5) is 13.1. The predicted octanol–water partition coefficient (Wildman–Crippen LogP) is 5.19. The highest BCUT2D eigenvalue weighted by molar-refractivity contribution is 5.81. The third-order valence-electron chi connectivity index (χ3n) is 5.22. The number of carbonyl (C=O) groups excluding carboxylic acids is 1. The van der Waals surface area contributed by atoms with Crippen LogP contribution in [0, 0.1) is 20.8 Å². The van der Waals surface area contributed by atoms with Gasteiger partial charge in [0.25, 0.3) is 5.91 Å². The zero-order chi connectivity index (χ0) is 20.5. The number of rotatable bonds is 5. The second kappa shape index (κ2) is 7.86. The van der Waals surface area contributed by atoms with Crippen molar-refractivity contribution in [1.82, 2.24) is 5.32 Å². The third kappa shape index (κ3) is 4.49. The van der Waals surface area contributed by atoms with Crippen LogP contribution in [0.2, 0.25) is 0 Å². The largest absolute Gasteiger partial charge is 0.487 e. The van der Waals surface area contributed by atoms with Crippen LogP contribution >= 0.6 is 0 Å². The molecule has 2 aromatic rings. The molecule has 1 N–H and O–H groups in total. The highest BCUT2D eigenvalue weighted by Crippen LogP contribution is 2.40. The van der Waals surface area contributed by atoms with Crippen molar-refractivity contribution in [2.24, 2.45) is 0 Å². The van der Waals surface area contributed by atoms with Gasteiger partial charge in [-0.1, -0.05) is 31.2 Å². The van der Waals surface area contributed by atoms with Crippen LogP contribution in [0.4, 0.5) is 0 Å². The lowest BCUT2D eigenvalue weighted by molar-refractivity contribution is -0.129. The van der Waals surface area contributed by atoms with E-state index in [4.69, 9.17) is 9.47 Å². The Balaban J connectivity index is 1.80. The second-order valence-electron chi connectivity index (χ2n) is 8.45. The summed E-state index contributed by atoms with van der Waals surface area (Å²) in [5, 5.41) is 3.21. The zero-order valence-corrected chi connectivity index (χ0v) is 17.8. The maximum atomic E-state index is 13.1. The van der Waals surface area contributed by atoms with Crippen LogP contribution in [0.15, 0.2) is 36.4 Å². The second-order valence-corrected chi connectivity index (χ2v) is 8.45. The maximum Gasteiger partial charge on any atom is 0.261 e. The predicted molar refractivity (Wildman–Crippen MR) is 112 cm³/mol. The van der Waals surface area contributed by atoms with E-state index >= 15 is 0 Å². The van der Waals surface area contributed by atoms with E-state index in [1.54, 1.807) is 0 Å². The first-order valence-corrected chi connectivity index (χ1v) is 10.0. The summed E-state index contributed by atoms with van der Waals surface area (Å²) < 4.78 is 12.2. The molecule has 150 valence electrons. The van der Waals surface area contributed by atoms with Crippen LogP contribution in [0.3, 0.4) is 0 Å². The Kier molecular flexibility index (Phi) is 5.69. The van der Waals surface area contributed by atoms with E-state index in [0.29, 0.717) is 12.8 Å². The van der Waals surface area contributed by atoms with Crippen LogP contribution in [0.1, 0.15) is 61.9 Å². The fourth-order valence-corrected chi connectivity index (χ4v) is 3.66. The number of amides is 1. The van der Waals surface area contributed by atoms with E-state index in [1.165, 1.54) is 0 Å². The fourth-order valence-electron chi connectivity index (χ4n) is 3.66. The molecule has 0 saturated heterocycles. The molecule has 4 nitrogen and oxygen atoms in total. The molecule has 0 radical (unpaired) electrons.